The highest BCUT2D eigenvalue weighted by molar-refractivity contribution is 5.98. The second kappa shape index (κ2) is 5.79. The van der Waals surface area contributed by atoms with Gasteiger partial charge < -0.3 is 10.6 Å². The lowest BCUT2D eigenvalue weighted by Gasteiger charge is -2.05. The van der Waals surface area contributed by atoms with Gasteiger partial charge in [-0.2, -0.15) is 0 Å². The summed E-state index contributed by atoms with van der Waals surface area (Å²) in [6.45, 7) is 3.32. The number of aromatic nitrogens is 1. The Hall–Kier alpha value is -2.62. The molecule has 0 spiro atoms. The highest BCUT2D eigenvalue weighted by atomic mass is 16.1. The van der Waals surface area contributed by atoms with E-state index in [0.717, 1.165) is 34.6 Å². The molecule has 2 heterocycles. The van der Waals surface area contributed by atoms with Crippen LogP contribution >= 0.6 is 0 Å². The largest absolute Gasteiger partial charge is 0.382 e. The summed E-state index contributed by atoms with van der Waals surface area (Å²) in [7, 11) is 0. The van der Waals surface area contributed by atoms with E-state index in [4.69, 9.17) is 0 Å². The molecule has 0 atom stereocenters. The van der Waals surface area contributed by atoms with Gasteiger partial charge in [-0.3, -0.25) is 9.78 Å². The fourth-order valence-corrected chi connectivity index (χ4v) is 2.29. The van der Waals surface area contributed by atoms with Crippen LogP contribution in [-0.2, 0) is 6.54 Å². The van der Waals surface area contributed by atoms with Gasteiger partial charge in [-0.1, -0.05) is 18.2 Å². The topological polar surface area (TPSA) is 54.0 Å². The lowest BCUT2D eigenvalue weighted by molar-refractivity contribution is 0.0966. The fraction of sp³-hybridized carbons (Fsp3) is 0.176. The summed E-state index contributed by atoms with van der Waals surface area (Å²) in [6, 6.07) is 9.87. The van der Waals surface area contributed by atoms with Gasteiger partial charge in [0.05, 0.1) is 0 Å². The van der Waals surface area contributed by atoms with E-state index in [1.54, 1.807) is 0 Å². The van der Waals surface area contributed by atoms with E-state index in [2.05, 4.69) is 21.7 Å². The standard InChI is InChI=1S/C17H17N3O/c1-12-4-5-13(10-19-12)3-2-8-18-15-6-7-16-14(9-15)11-20-17(16)21/h2-7,9-10,18H,8,11H2,1H3,(H,20,21). The summed E-state index contributed by atoms with van der Waals surface area (Å²) in [5.41, 5.74) is 4.97. The number of amides is 1. The quantitative estimate of drug-likeness (QED) is 0.905. The molecule has 0 radical (unpaired) electrons. The van der Waals surface area contributed by atoms with E-state index in [0.29, 0.717) is 6.54 Å². The molecule has 1 aliphatic heterocycles. The van der Waals surface area contributed by atoms with Gasteiger partial charge in [0.15, 0.2) is 0 Å². The minimum Gasteiger partial charge on any atom is -0.382 e. The summed E-state index contributed by atoms with van der Waals surface area (Å²) in [5.74, 6) is 0.0170. The first-order valence-electron chi connectivity index (χ1n) is 6.96. The van der Waals surface area contributed by atoms with E-state index >= 15 is 0 Å². The highest BCUT2D eigenvalue weighted by Gasteiger charge is 2.18. The molecule has 2 N–H and O–H groups in total. The first kappa shape index (κ1) is 13.4. The van der Waals surface area contributed by atoms with Gasteiger partial charge in [-0.05, 0) is 42.3 Å². The van der Waals surface area contributed by atoms with Crippen molar-refractivity contribution in [2.45, 2.75) is 13.5 Å². The summed E-state index contributed by atoms with van der Waals surface area (Å²) in [5, 5.41) is 6.14. The zero-order valence-corrected chi connectivity index (χ0v) is 11.9. The molecular formula is C17H17N3O. The second-order valence-electron chi connectivity index (χ2n) is 5.07. The number of carbonyl (C=O) groups is 1. The molecule has 0 bridgehead atoms. The molecule has 4 nitrogen and oxygen atoms in total. The molecule has 1 aromatic heterocycles. The van der Waals surface area contributed by atoms with Crippen LogP contribution in [0.15, 0.2) is 42.6 Å². The molecule has 0 saturated heterocycles. The van der Waals surface area contributed by atoms with Gasteiger partial charge in [0.1, 0.15) is 0 Å². The number of pyridine rings is 1. The fourth-order valence-electron chi connectivity index (χ4n) is 2.29. The summed E-state index contributed by atoms with van der Waals surface area (Å²) in [6.07, 6.45) is 5.96. The van der Waals surface area contributed by atoms with Crippen molar-refractivity contribution in [3.8, 4) is 0 Å². The van der Waals surface area contributed by atoms with E-state index in [-0.39, 0.29) is 5.91 Å². The third kappa shape index (κ3) is 3.11. The molecule has 0 fully saturated rings. The molecule has 4 heteroatoms. The van der Waals surface area contributed by atoms with Crippen molar-refractivity contribution < 1.29 is 4.79 Å². The third-order valence-electron chi connectivity index (χ3n) is 3.46. The lowest BCUT2D eigenvalue weighted by atomic mass is 10.1. The van der Waals surface area contributed by atoms with E-state index in [1.165, 1.54) is 0 Å². The van der Waals surface area contributed by atoms with Gasteiger partial charge in [0.25, 0.3) is 5.91 Å². The van der Waals surface area contributed by atoms with Crippen LogP contribution in [0.4, 0.5) is 5.69 Å². The number of carbonyl (C=O) groups excluding carboxylic acids is 1. The van der Waals surface area contributed by atoms with E-state index in [1.807, 2.05) is 49.5 Å². The molecule has 2 aromatic rings. The maximum atomic E-state index is 11.5. The number of hydrogen-bond donors (Lipinski definition) is 2. The van der Waals surface area contributed by atoms with Crippen LogP contribution in [0.3, 0.4) is 0 Å². The summed E-state index contributed by atoms with van der Waals surface area (Å²) in [4.78, 5) is 15.7. The lowest BCUT2D eigenvalue weighted by Crippen LogP contribution is -2.12. The van der Waals surface area contributed by atoms with Crippen molar-refractivity contribution in [2.24, 2.45) is 0 Å². The molecule has 0 saturated carbocycles. The summed E-state index contributed by atoms with van der Waals surface area (Å²) >= 11 is 0. The smallest absolute Gasteiger partial charge is 0.251 e. The van der Waals surface area contributed by atoms with Crippen LogP contribution in [0.1, 0.15) is 27.2 Å². The van der Waals surface area contributed by atoms with Crippen molar-refractivity contribution in [3.05, 3.63) is 65.0 Å². The Labute approximate surface area is 123 Å². The maximum absolute atomic E-state index is 11.5. The molecule has 106 valence electrons. The number of aryl methyl sites for hydroxylation is 1. The average molecular weight is 279 g/mol. The van der Waals surface area contributed by atoms with Crippen LogP contribution in [0.2, 0.25) is 0 Å². The van der Waals surface area contributed by atoms with Crippen molar-refractivity contribution in [1.82, 2.24) is 10.3 Å². The Morgan fingerprint density at radius 1 is 1.33 bits per heavy atom. The van der Waals surface area contributed by atoms with Crippen molar-refractivity contribution in [3.63, 3.8) is 0 Å². The van der Waals surface area contributed by atoms with Gasteiger partial charge in [0, 0.05) is 36.2 Å². The molecule has 3 rings (SSSR count). The van der Waals surface area contributed by atoms with Crippen LogP contribution in [0.25, 0.3) is 6.08 Å². The Morgan fingerprint density at radius 3 is 3.05 bits per heavy atom. The SMILES string of the molecule is Cc1ccc(C=CCNc2ccc3c(c2)CNC3=O)cn1. The molecule has 21 heavy (non-hydrogen) atoms. The first-order chi connectivity index (χ1) is 10.2. The summed E-state index contributed by atoms with van der Waals surface area (Å²) < 4.78 is 0. The van der Waals surface area contributed by atoms with Crippen LogP contribution in [0, 0.1) is 6.92 Å². The molecular weight excluding hydrogens is 262 g/mol. The molecule has 0 aliphatic carbocycles. The Bertz CT molecular complexity index is 690. The van der Waals surface area contributed by atoms with Gasteiger partial charge in [0.2, 0.25) is 0 Å². The number of nitrogens with one attached hydrogen (secondary N) is 2. The minimum atomic E-state index is 0.0170. The highest BCUT2D eigenvalue weighted by Crippen LogP contribution is 2.19. The monoisotopic (exact) mass is 279 g/mol. The number of hydrogen-bond acceptors (Lipinski definition) is 3. The number of nitrogens with zero attached hydrogens (tertiary/aromatic N) is 1. The van der Waals surface area contributed by atoms with Gasteiger partial charge in [-0.15, -0.1) is 0 Å². The molecule has 1 amide bonds. The molecule has 0 unspecified atom stereocenters. The average Bonchev–Trinajstić information content (AvgIpc) is 2.86. The number of fused-ring (bicyclic) bond motifs is 1. The molecule has 1 aromatic carbocycles. The molecule has 1 aliphatic rings. The second-order valence-corrected chi connectivity index (χ2v) is 5.07. The number of benzene rings is 1. The van der Waals surface area contributed by atoms with Gasteiger partial charge in [-0.25, -0.2) is 0 Å². The first-order valence-corrected chi connectivity index (χ1v) is 6.96. The number of anilines is 1. The Morgan fingerprint density at radius 2 is 2.24 bits per heavy atom. The predicted octanol–water partition coefficient (Wildman–Crippen LogP) is 2.76. The van der Waals surface area contributed by atoms with Crippen LogP contribution in [-0.4, -0.2) is 17.4 Å². The normalized spacial score (nSPS) is 13.3. The predicted molar refractivity (Wildman–Crippen MR) is 84.1 cm³/mol. The van der Waals surface area contributed by atoms with Gasteiger partial charge >= 0.3 is 0 Å². The Balaban J connectivity index is 1.58. The zero-order chi connectivity index (χ0) is 14.7. The van der Waals surface area contributed by atoms with E-state index in [9.17, 15) is 4.79 Å². The third-order valence-corrected chi connectivity index (χ3v) is 3.46. The Kier molecular flexibility index (Phi) is 3.69. The van der Waals surface area contributed by atoms with Crippen molar-refractivity contribution in [2.75, 3.05) is 11.9 Å². The van der Waals surface area contributed by atoms with Crippen molar-refractivity contribution >= 4 is 17.7 Å². The zero-order valence-electron chi connectivity index (χ0n) is 11.9. The van der Waals surface area contributed by atoms with E-state index < -0.39 is 0 Å². The van der Waals surface area contributed by atoms with Crippen LogP contribution < -0.4 is 10.6 Å². The number of rotatable bonds is 4. The van der Waals surface area contributed by atoms with Crippen LogP contribution in [0.5, 0.6) is 0 Å². The minimum absolute atomic E-state index is 0.0170. The maximum Gasteiger partial charge on any atom is 0.251 e. The van der Waals surface area contributed by atoms with Crippen molar-refractivity contribution in [1.29, 1.82) is 0 Å².